The lowest BCUT2D eigenvalue weighted by atomic mass is 9.98. The number of para-hydroxylation sites is 1. The molecule has 3 rings (SSSR count). The lowest BCUT2D eigenvalue weighted by Crippen LogP contribution is -2.05. The topological polar surface area (TPSA) is 98.0 Å². The molecule has 0 saturated carbocycles. The molecular formula is C24H23FN2O4. The monoisotopic (exact) mass is 422 g/mol. The van der Waals surface area contributed by atoms with Crippen LogP contribution in [0.15, 0.2) is 69.9 Å². The molecule has 160 valence electrons. The number of aliphatic imine (C=N–C) groups is 1. The van der Waals surface area contributed by atoms with Crippen LogP contribution in [0.3, 0.4) is 0 Å². The molecule has 0 saturated heterocycles. The number of rotatable bonds is 9. The maximum Gasteiger partial charge on any atom is 0.307 e. The highest BCUT2D eigenvalue weighted by Gasteiger charge is 2.18. The average Bonchev–Trinajstić information content (AvgIpc) is 3.26. The molecule has 2 aromatic carbocycles. The Morgan fingerprint density at radius 3 is 2.77 bits per heavy atom. The number of benzene rings is 2. The zero-order chi connectivity index (χ0) is 22.4. The molecule has 0 atom stereocenters. The molecule has 6 nitrogen and oxygen atoms in total. The second-order valence-corrected chi connectivity index (χ2v) is 6.77. The summed E-state index contributed by atoms with van der Waals surface area (Å²) in [6.45, 7) is 5.49. The van der Waals surface area contributed by atoms with E-state index >= 15 is 4.39 Å². The molecule has 0 aliphatic heterocycles. The predicted octanol–water partition coefficient (Wildman–Crippen LogP) is 4.72. The van der Waals surface area contributed by atoms with Crippen LogP contribution in [0.5, 0.6) is 5.75 Å². The van der Waals surface area contributed by atoms with E-state index in [4.69, 9.17) is 20.0 Å². The smallest absolute Gasteiger partial charge is 0.307 e. The number of hydrogen-bond acceptors (Lipinski definition) is 5. The highest BCUT2D eigenvalue weighted by atomic mass is 19.1. The van der Waals surface area contributed by atoms with Gasteiger partial charge < -0.3 is 20.0 Å². The number of allylic oxidation sites excluding steroid dienone is 3. The van der Waals surface area contributed by atoms with Gasteiger partial charge in [-0.05, 0) is 43.5 Å². The largest absolute Gasteiger partial charge is 0.488 e. The molecule has 0 bridgehead atoms. The summed E-state index contributed by atoms with van der Waals surface area (Å²) in [5.74, 6) is -1.03. The van der Waals surface area contributed by atoms with Crippen molar-refractivity contribution in [2.75, 3.05) is 6.54 Å². The summed E-state index contributed by atoms with van der Waals surface area (Å²) in [4.78, 5) is 15.0. The molecule has 7 heteroatoms. The molecule has 3 aromatic rings. The third kappa shape index (κ3) is 4.90. The van der Waals surface area contributed by atoms with Crippen LogP contribution in [0.2, 0.25) is 0 Å². The Bertz CT molecular complexity index is 1180. The summed E-state index contributed by atoms with van der Waals surface area (Å²) in [7, 11) is 0. The van der Waals surface area contributed by atoms with Gasteiger partial charge >= 0.3 is 5.97 Å². The maximum atomic E-state index is 15.1. The second-order valence-electron chi connectivity index (χ2n) is 6.77. The Labute approximate surface area is 179 Å². The van der Waals surface area contributed by atoms with Crippen molar-refractivity contribution in [2.45, 2.75) is 20.0 Å². The molecule has 0 radical (unpaired) electrons. The zero-order valence-electron chi connectivity index (χ0n) is 17.1. The number of nitrogens with zero attached hydrogens (tertiary/aromatic N) is 1. The minimum Gasteiger partial charge on any atom is -0.488 e. The van der Waals surface area contributed by atoms with Crippen molar-refractivity contribution in [1.82, 2.24) is 0 Å². The minimum absolute atomic E-state index is 0.0826. The van der Waals surface area contributed by atoms with Crippen molar-refractivity contribution in [3.63, 3.8) is 0 Å². The van der Waals surface area contributed by atoms with Crippen LogP contribution in [-0.2, 0) is 17.8 Å². The summed E-state index contributed by atoms with van der Waals surface area (Å²) >= 11 is 0. The SMILES string of the molecule is C=N/C(=C\C(=C/C)c1cc(COc2ccccc2CC(=O)O)c(F)c2ccoc12)CN. The van der Waals surface area contributed by atoms with Gasteiger partial charge in [-0.15, -0.1) is 0 Å². The predicted molar refractivity (Wildman–Crippen MR) is 119 cm³/mol. The number of hydrogen-bond donors (Lipinski definition) is 2. The molecule has 0 amide bonds. The molecule has 0 spiro atoms. The fourth-order valence-electron chi connectivity index (χ4n) is 3.26. The standard InChI is InChI=1S/C24H23FN2O4/c1-3-15(10-18(13-26)27-2)20-11-17(23(25)19-8-9-30-24(19)20)14-31-21-7-5-4-6-16(21)12-22(28)29/h3-11H,2,12-14,26H2,1H3,(H,28,29)/b15-3+,18-10-. The molecular weight excluding hydrogens is 399 g/mol. The van der Waals surface area contributed by atoms with Crippen LogP contribution in [-0.4, -0.2) is 24.3 Å². The molecule has 31 heavy (non-hydrogen) atoms. The Balaban J connectivity index is 2.01. The highest BCUT2D eigenvalue weighted by molar-refractivity contribution is 5.93. The Kier molecular flexibility index (Phi) is 6.99. The number of carboxylic acids is 1. The van der Waals surface area contributed by atoms with Crippen LogP contribution in [0.4, 0.5) is 4.39 Å². The zero-order valence-corrected chi connectivity index (χ0v) is 17.1. The second kappa shape index (κ2) is 9.86. The first kappa shape index (κ1) is 22.0. The molecule has 0 aliphatic rings. The van der Waals surface area contributed by atoms with E-state index in [0.717, 1.165) is 5.57 Å². The third-order valence-corrected chi connectivity index (χ3v) is 4.80. The number of aliphatic carboxylic acids is 1. The normalized spacial score (nSPS) is 12.2. The van der Waals surface area contributed by atoms with Crippen molar-refractivity contribution in [3.8, 4) is 5.75 Å². The molecule has 3 N–H and O–H groups in total. The van der Waals surface area contributed by atoms with Gasteiger partial charge in [-0.1, -0.05) is 24.3 Å². The maximum absolute atomic E-state index is 15.1. The molecule has 0 fully saturated rings. The van der Waals surface area contributed by atoms with Crippen molar-refractivity contribution >= 4 is 29.2 Å². The van der Waals surface area contributed by atoms with Gasteiger partial charge in [0.2, 0.25) is 0 Å². The number of nitrogens with two attached hydrogens (primary N) is 1. The summed E-state index contributed by atoms with van der Waals surface area (Å²) < 4.78 is 26.5. The van der Waals surface area contributed by atoms with Crippen LogP contribution < -0.4 is 10.5 Å². The third-order valence-electron chi connectivity index (χ3n) is 4.80. The van der Waals surface area contributed by atoms with Crippen molar-refractivity contribution in [1.29, 1.82) is 0 Å². The van der Waals surface area contributed by atoms with E-state index in [9.17, 15) is 4.79 Å². The van der Waals surface area contributed by atoms with Crippen molar-refractivity contribution < 1.29 is 23.4 Å². The van der Waals surface area contributed by atoms with Crippen molar-refractivity contribution in [2.24, 2.45) is 10.7 Å². The van der Waals surface area contributed by atoms with E-state index in [-0.39, 0.29) is 19.6 Å². The molecule has 1 aromatic heterocycles. The Hall–Kier alpha value is -3.71. The summed E-state index contributed by atoms with van der Waals surface area (Å²) in [6, 6.07) is 10.0. The summed E-state index contributed by atoms with van der Waals surface area (Å²) in [5, 5.41) is 9.42. The van der Waals surface area contributed by atoms with Gasteiger partial charge in [-0.2, -0.15) is 0 Å². The van der Waals surface area contributed by atoms with Gasteiger partial charge in [-0.3, -0.25) is 9.79 Å². The number of carboxylic acid groups (broad SMARTS) is 1. The first-order valence-corrected chi connectivity index (χ1v) is 9.63. The first-order valence-electron chi connectivity index (χ1n) is 9.63. The van der Waals surface area contributed by atoms with Gasteiger partial charge in [-0.25, -0.2) is 4.39 Å². The number of fused-ring (bicyclic) bond motifs is 1. The van der Waals surface area contributed by atoms with Crippen LogP contribution in [0, 0.1) is 5.82 Å². The van der Waals surface area contributed by atoms with Gasteiger partial charge in [0.15, 0.2) is 0 Å². The average molecular weight is 422 g/mol. The van der Waals surface area contributed by atoms with Gasteiger partial charge in [0.25, 0.3) is 0 Å². The van der Waals surface area contributed by atoms with E-state index in [1.807, 2.05) is 13.0 Å². The Morgan fingerprint density at radius 2 is 2.10 bits per heavy atom. The molecule has 1 heterocycles. The van der Waals surface area contributed by atoms with Crippen LogP contribution in [0.1, 0.15) is 23.6 Å². The van der Waals surface area contributed by atoms with Gasteiger partial charge in [0, 0.05) is 23.2 Å². The van der Waals surface area contributed by atoms with Crippen LogP contribution in [0.25, 0.3) is 16.5 Å². The lowest BCUT2D eigenvalue weighted by Gasteiger charge is -2.13. The van der Waals surface area contributed by atoms with Crippen LogP contribution >= 0.6 is 0 Å². The molecule has 0 aliphatic carbocycles. The number of furan rings is 1. The fourth-order valence-corrected chi connectivity index (χ4v) is 3.26. The molecule has 0 unspecified atom stereocenters. The quantitative estimate of drug-likeness (QED) is 0.384. The first-order chi connectivity index (χ1) is 15.0. The summed E-state index contributed by atoms with van der Waals surface area (Å²) in [5.41, 5.74) is 8.92. The lowest BCUT2D eigenvalue weighted by molar-refractivity contribution is -0.136. The summed E-state index contributed by atoms with van der Waals surface area (Å²) in [6.07, 6.45) is 4.86. The van der Waals surface area contributed by atoms with E-state index in [0.29, 0.717) is 39.1 Å². The van der Waals surface area contributed by atoms with E-state index < -0.39 is 11.8 Å². The van der Waals surface area contributed by atoms with E-state index in [2.05, 4.69) is 11.7 Å². The van der Waals surface area contributed by atoms with Crippen molar-refractivity contribution in [3.05, 3.63) is 83.0 Å². The highest BCUT2D eigenvalue weighted by Crippen LogP contribution is 2.33. The van der Waals surface area contributed by atoms with E-state index in [1.54, 1.807) is 42.5 Å². The number of ether oxygens (including phenoxy) is 1. The fraction of sp³-hybridized carbons (Fsp3) is 0.167. The van der Waals surface area contributed by atoms with E-state index in [1.165, 1.54) is 6.26 Å². The Morgan fingerprint density at radius 1 is 1.32 bits per heavy atom. The number of carbonyl (C=O) groups is 1. The number of halogens is 1. The van der Waals surface area contributed by atoms with Gasteiger partial charge in [0.1, 0.15) is 23.8 Å². The van der Waals surface area contributed by atoms with Gasteiger partial charge in [0.05, 0.1) is 23.8 Å². The minimum atomic E-state index is -0.972.